The van der Waals surface area contributed by atoms with Gasteiger partial charge in [-0.25, -0.2) is 4.79 Å². The third-order valence-electron chi connectivity index (χ3n) is 12.2. The topological polar surface area (TPSA) is 490 Å². The highest BCUT2D eigenvalue weighted by Crippen LogP contribution is 2.21. The minimum atomic E-state index is -1.58. The van der Waals surface area contributed by atoms with Gasteiger partial charge in [0.15, 0.2) is 5.96 Å². The van der Waals surface area contributed by atoms with Crippen molar-refractivity contribution in [1.29, 1.82) is 0 Å². The van der Waals surface area contributed by atoms with E-state index in [2.05, 4.69) is 47.5 Å². The molecule has 9 atom stereocenters. The third kappa shape index (κ3) is 24.4. The number of aliphatic hydroxyl groups excluding tert-OH is 1. The van der Waals surface area contributed by atoms with Gasteiger partial charge in [0, 0.05) is 25.9 Å². The van der Waals surface area contributed by atoms with Crippen molar-refractivity contribution in [1.82, 2.24) is 47.4 Å². The summed E-state index contributed by atoms with van der Waals surface area (Å²) in [5, 5.41) is 49.1. The van der Waals surface area contributed by atoms with E-state index in [0.717, 1.165) is 0 Å². The number of rotatable bonds is 36. The van der Waals surface area contributed by atoms with Gasteiger partial charge in [0.05, 0.1) is 19.2 Å². The summed E-state index contributed by atoms with van der Waals surface area (Å²) in [6, 6.07) is -2.24. The Kier molecular flexibility index (Phi) is 29.8. The summed E-state index contributed by atoms with van der Waals surface area (Å²) in [5.74, 6) is -10.3. The second-order valence-electron chi connectivity index (χ2n) is 18.5. The molecule has 1 aromatic carbocycles. The first kappa shape index (κ1) is 65.6. The highest BCUT2D eigenvalue weighted by Gasteiger charge is 2.40. The third-order valence-corrected chi connectivity index (χ3v) is 12.2. The molecule has 1 saturated heterocycles. The normalized spacial score (nSPS) is 16.0. The van der Waals surface area contributed by atoms with E-state index in [-0.39, 0.29) is 70.7 Å². The van der Waals surface area contributed by atoms with Crippen LogP contribution in [0.2, 0.25) is 0 Å². The lowest BCUT2D eigenvalue weighted by Gasteiger charge is -2.31. The Labute approximate surface area is 446 Å². The second-order valence-corrected chi connectivity index (χ2v) is 18.5. The lowest BCUT2D eigenvalue weighted by molar-refractivity contribution is -0.145. The van der Waals surface area contributed by atoms with Crippen LogP contribution < -0.4 is 71.2 Å². The molecule has 0 bridgehead atoms. The number of likely N-dealkylation sites (tertiary alicyclic amines) is 1. The first-order chi connectivity index (χ1) is 36.5. The van der Waals surface area contributed by atoms with Gasteiger partial charge in [-0.1, -0.05) is 30.3 Å². The van der Waals surface area contributed by atoms with Crippen LogP contribution in [0.25, 0.3) is 0 Å². The van der Waals surface area contributed by atoms with Crippen molar-refractivity contribution < 1.29 is 68.1 Å². The zero-order chi connectivity index (χ0) is 57.6. The minimum absolute atomic E-state index is 0.0103. The average molecular weight is 1090 g/mol. The number of nitrogens with one attached hydrogen (secondary N) is 8. The largest absolute Gasteiger partial charge is 0.481 e. The molecule has 0 saturated carbocycles. The Hall–Kier alpha value is -7.50. The van der Waals surface area contributed by atoms with Gasteiger partial charge in [0.25, 0.3) is 0 Å². The smallest absolute Gasteiger partial charge is 0.326 e. The second kappa shape index (κ2) is 34.9. The summed E-state index contributed by atoms with van der Waals surface area (Å²) in [4.78, 5) is 150. The van der Waals surface area contributed by atoms with Crippen molar-refractivity contribution >= 4 is 71.1 Å². The van der Waals surface area contributed by atoms with Gasteiger partial charge >= 0.3 is 11.9 Å². The number of guanidine groups is 1. The maximum atomic E-state index is 14.5. The molecule has 29 heteroatoms. The van der Waals surface area contributed by atoms with Crippen molar-refractivity contribution in [3.05, 3.63) is 35.9 Å². The molecule has 0 spiro atoms. The molecule has 430 valence electrons. The molecule has 77 heavy (non-hydrogen) atoms. The number of amides is 9. The number of carboxylic acid groups (broad SMARTS) is 2. The summed E-state index contributed by atoms with van der Waals surface area (Å²) >= 11 is 0. The van der Waals surface area contributed by atoms with Crippen LogP contribution in [0.5, 0.6) is 0 Å². The van der Waals surface area contributed by atoms with Crippen LogP contribution in [-0.4, -0.2) is 185 Å². The molecule has 1 heterocycles. The quantitative estimate of drug-likeness (QED) is 0.0169. The van der Waals surface area contributed by atoms with Crippen LogP contribution in [-0.2, 0) is 59.2 Å². The van der Waals surface area contributed by atoms with E-state index >= 15 is 0 Å². The van der Waals surface area contributed by atoms with Gasteiger partial charge in [-0.15, -0.1) is 0 Å². The van der Waals surface area contributed by atoms with E-state index in [1.807, 2.05) is 0 Å². The molecule has 29 nitrogen and oxygen atoms in total. The van der Waals surface area contributed by atoms with E-state index in [9.17, 15) is 63.0 Å². The van der Waals surface area contributed by atoms with Crippen LogP contribution in [0.4, 0.5) is 0 Å². The summed E-state index contributed by atoms with van der Waals surface area (Å²) in [7, 11) is 0. The molecular formula is C48H79N15O14. The molecule has 0 unspecified atom stereocenters. The SMILES string of the molecule is C[C@H](NC(=O)CN)C(=O)N[C@H](C(=O)N[C@@H](CCCCN)C(=O)NCC(=O)N[C@@H](CCCCN)C(=O)N[C@@H](CCCN=C(N)N)C(=O)N[C@@H](Cc1ccccc1)C(=O)N1CCC[C@H]1C(=O)N[C@@H](CCC(=O)O)C(=O)O)[C@@H](C)O. The number of carboxylic acids is 2. The standard InChI is InChI=1S/C48H79N15O14/c1-27(56-36(65)25-51)40(69)62-39(28(2)64)45(74)59-30(14-6-8-20-49)41(70)55-26-37(66)57-31(15-7-9-21-50)42(71)58-32(16-10-22-54-48(52)53)43(72)61-34(24-29-12-4-3-5-13-29)46(75)63-23-11-17-35(63)44(73)60-33(47(76)77)18-19-38(67)68/h3-5,12-13,27-28,30-35,39,64H,6-11,14-26,49-51H2,1-2H3,(H,55,70)(H,56,65)(H,57,66)(H,58,71)(H,59,74)(H,60,73)(H,61,72)(H,62,69)(H,67,68)(H,76,77)(H4,52,53,54)/t27-,28+,30-,31-,32-,33-,34-,35-,39-/m0/s1. The summed E-state index contributed by atoms with van der Waals surface area (Å²) in [6.45, 7) is 2.00. The van der Waals surface area contributed by atoms with E-state index < -0.39 is 145 Å². The summed E-state index contributed by atoms with van der Waals surface area (Å²) < 4.78 is 0. The molecule has 0 aliphatic carbocycles. The molecule has 0 radical (unpaired) electrons. The van der Waals surface area contributed by atoms with Crippen molar-refractivity contribution in [2.45, 2.75) is 152 Å². The highest BCUT2D eigenvalue weighted by atomic mass is 16.4. The molecule has 1 fully saturated rings. The lowest BCUT2D eigenvalue weighted by atomic mass is 10.0. The fourth-order valence-electron chi connectivity index (χ4n) is 8.03. The Morgan fingerprint density at radius 3 is 1.78 bits per heavy atom. The molecule has 2 rings (SSSR count). The van der Waals surface area contributed by atoms with Crippen molar-refractivity contribution in [3.8, 4) is 0 Å². The average Bonchev–Trinajstić information content (AvgIpc) is 3.88. The first-order valence-electron chi connectivity index (χ1n) is 25.5. The van der Waals surface area contributed by atoms with Gasteiger partial charge in [0.2, 0.25) is 53.2 Å². The number of nitrogens with two attached hydrogens (primary N) is 5. The maximum Gasteiger partial charge on any atom is 0.326 e. The van der Waals surface area contributed by atoms with E-state index in [1.165, 1.54) is 18.7 Å². The molecular weight excluding hydrogens is 1010 g/mol. The zero-order valence-electron chi connectivity index (χ0n) is 43.6. The Morgan fingerprint density at radius 2 is 1.22 bits per heavy atom. The number of unbranched alkanes of at least 4 members (excludes halogenated alkanes) is 2. The fraction of sp³-hybridized carbons (Fsp3) is 0.625. The number of nitrogens with zero attached hydrogens (tertiary/aromatic N) is 2. The van der Waals surface area contributed by atoms with Crippen LogP contribution in [0.15, 0.2) is 35.3 Å². The predicted octanol–water partition coefficient (Wildman–Crippen LogP) is -5.65. The van der Waals surface area contributed by atoms with E-state index in [4.69, 9.17) is 33.8 Å². The number of benzene rings is 1. The zero-order valence-corrected chi connectivity index (χ0v) is 43.6. The van der Waals surface area contributed by atoms with Gasteiger partial charge in [-0.2, -0.15) is 0 Å². The number of carbonyl (C=O) groups excluding carboxylic acids is 9. The fourth-order valence-corrected chi connectivity index (χ4v) is 8.03. The van der Waals surface area contributed by atoms with Crippen LogP contribution in [0, 0.1) is 0 Å². The number of aliphatic hydroxyl groups is 1. The molecule has 9 amide bonds. The van der Waals surface area contributed by atoms with Crippen molar-refractivity contribution in [2.75, 3.05) is 39.3 Å². The maximum absolute atomic E-state index is 14.5. The van der Waals surface area contributed by atoms with Crippen LogP contribution in [0.1, 0.15) is 96.5 Å². The molecule has 1 aliphatic heterocycles. The van der Waals surface area contributed by atoms with E-state index in [0.29, 0.717) is 37.7 Å². The van der Waals surface area contributed by atoms with Crippen molar-refractivity contribution in [2.24, 2.45) is 33.7 Å². The van der Waals surface area contributed by atoms with Gasteiger partial charge in [0.1, 0.15) is 48.3 Å². The number of aliphatic imine (C=N–C) groups is 1. The van der Waals surface area contributed by atoms with Gasteiger partial charge in [-0.05, 0) is 103 Å². The lowest BCUT2D eigenvalue weighted by Crippen LogP contribution is -2.60. The molecule has 21 N–H and O–H groups in total. The summed E-state index contributed by atoms with van der Waals surface area (Å²) in [6.07, 6.45) is -0.448. The van der Waals surface area contributed by atoms with Crippen molar-refractivity contribution in [3.63, 3.8) is 0 Å². The Balaban J connectivity index is 2.38. The molecule has 1 aromatic rings. The van der Waals surface area contributed by atoms with Crippen LogP contribution in [0.3, 0.4) is 0 Å². The van der Waals surface area contributed by atoms with Gasteiger partial charge < -0.3 is 91.4 Å². The first-order valence-corrected chi connectivity index (χ1v) is 25.5. The highest BCUT2D eigenvalue weighted by molar-refractivity contribution is 5.98. The molecule has 1 aliphatic rings. The number of aliphatic carboxylic acids is 2. The van der Waals surface area contributed by atoms with Crippen LogP contribution >= 0.6 is 0 Å². The number of hydrogen-bond acceptors (Lipinski definition) is 16. The predicted molar refractivity (Wildman–Crippen MR) is 278 cm³/mol. The van der Waals surface area contributed by atoms with E-state index in [1.54, 1.807) is 30.3 Å². The number of hydrogen-bond donors (Lipinski definition) is 16. The summed E-state index contributed by atoms with van der Waals surface area (Å²) in [5.41, 5.74) is 28.3. The Morgan fingerprint density at radius 1 is 0.649 bits per heavy atom. The molecule has 0 aromatic heterocycles. The number of carbonyl (C=O) groups is 11. The minimum Gasteiger partial charge on any atom is -0.481 e. The van der Waals surface area contributed by atoms with Gasteiger partial charge in [-0.3, -0.25) is 52.9 Å². The Bertz CT molecular complexity index is 2180. The monoisotopic (exact) mass is 1090 g/mol.